The number of hydrogen-bond acceptors (Lipinski definition) is 2. The Morgan fingerprint density at radius 1 is 1.27 bits per heavy atom. The van der Waals surface area contributed by atoms with Crippen LogP contribution in [0.15, 0.2) is 18.2 Å². The molecule has 1 atom stereocenters. The van der Waals surface area contributed by atoms with Crippen LogP contribution in [0.25, 0.3) is 0 Å². The fourth-order valence-corrected chi connectivity index (χ4v) is 1.66. The summed E-state index contributed by atoms with van der Waals surface area (Å²) in [6.45, 7) is 6.43. The molecule has 2 nitrogen and oxygen atoms in total. The minimum atomic E-state index is -0.854. The first-order valence-corrected chi connectivity index (χ1v) is 5.32. The van der Waals surface area contributed by atoms with Gasteiger partial charge in [0.2, 0.25) is 0 Å². The number of methoxy groups -OCH3 is 1. The lowest BCUT2D eigenvalue weighted by Gasteiger charge is -2.27. The highest BCUT2D eigenvalue weighted by molar-refractivity contribution is 5.33. The van der Waals surface area contributed by atoms with Crippen molar-refractivity contribution in [2.75, 3.05) is 13.7 Å². The summed E-state index contributed by atoms with van der Waals surface area (Å²) in [7, 11) is 1.61. The zero-order valence-corrected chi connectivity index (χ0v) is 10.0. The fraction of sp³-hybridized carbons (Fsp3) is 0.538. The van der Waals surface area contributed by atoms with E-state index in [4.69, 9.17) is 4.74 Å². The predicted octanol–water partition coefficient (Wildman–Crippen LogP) is 2.55. The minimum Gasteiger partial charge on any atom is -0.383 e. The summed E-state index contributed by atoms with van der Waals surface area (Å²) in [5.41, 5.74) is 2.53. The summed E-state index contributed by atoms with van der Waals surface area (Å²) >= 11 is 0. The molecule has 0 aliphatic heterocycles. The van der Waals surface area contributed by atoms with Crippen LogP contribution in [0.2, 0.25) is 0 Å². The molecule has 0 amide bonds. The van der Waals surface area contributed by atoms with Gasteiger partial charge in [-0.25, -0.2) is 0 Å². The molecule has 0 spiro atoms. The second kappa shape index (κ2) is 4.77. The summed E-state index contributed by atoms with van der Waals surface area (Å²) in [6, 6.07) is 6.06. The van der Waals surface area contributed by atoms with Crippen LogP contribution in [0, 0.1) is 13.8 Å². The van der Waals surface area contributed by atoms with Crippen LogP contribution in [0.5, 0.6) is 0 Å². The molecule has 0 heterocycles. The van der Waals surface area contributed by atoms with E-state index >= 15 is 0 Å². The Hall–Kier alpha value is -0.860. The smallest absolute Gasteiger partial charge is 0.113 e. The Kier molecular flexibility index (Phi) is 3.89. The van der Waals surface area contributed by atoms with E-state index in [0.29, 0.717) is 13.0 Å². The normalized spacial score (nSPS) is 15.0. The molecule has 1 rings (SSSR count). The first kappa shape index (κ1) is 12.2. The van der Waals surface area contributed by atoms with Crippen LogP contribution < -0.4 is 0 Å². The van der Waals surface area contributed by atoms with Gasteiger partial charge in [0.25, 0.3) is 0 Å². The van der Waals surface area contributed by atoms with E-state index in [-0.39, 0.29) is 0 Å². The van der Waals surface area contributed by atoms with Gasteiger partial charge in [-0.05, 0) is 37.0 Å². The van der Waals surface area contributed by atoms with Gasteiger partial charge in [0, 0.05) is 7.11 Å². The van der Waals surface area contributed by atoms with Gasteiger partial charge in [-0.3, -0.25) is 0 Å². The third kappa shape index (κ3) is 2.58. The average molecular weight is 208 g/mol. The van der Waals surface area contributed by atoms with Crippen LogP contribution in [-0.2, 0) is 10.3 Å². The maximum absolute atomic E-state index is 10.4. The topological polar surface area (TPSA) is 29.5 Å². The highest BCUT2D eigenvalue weighted by atomic mass is 16.5. The van der Waals surface area contributed by atoms with Crippen molar-refractivity contribution in [3.05, 3.63) is 34.9 Å². The molecule has 0 saturated carbocycles. The van der Waals surface area contributed by atoms with Gasteiger partial charge in [0.05, 0.1) is 6.61 Å². The zero-order chi connectivity index (χ0) is 11.5. The highest BCUT2D eigenvalue weighted by Crippen LogP contribution is 2.26. The summed E-state index contributed by atoms with van der Waals surface area (Å²) in [5.74, 6) is 0. The van der Waals surface area contributed by atoms with Crippen LogP contribution in [0.1, 0.15) is 30.0 Å². The molecule has 1 unspecified atom stereocenters. The molecule has 0 fully saturated rings. The van der Waals surface area contributed by atoms with Crippen molar-refractivity contribution in [2.45, 2.75) is 32.8 Å². The molecule has 1 aromatic rings. The van der Waals surface area contributed by atoms with Gasteiger partial charge in [0.15, 0.2) is 0 Å². The van der Waals surface area contributed by atoms with Crippen molar-refractivity contribution in [3.8, 4) is 0 Å². The number of hydrogen-bond donors (Lipinski definition) is 1. The van der Waals surface area contributed by atoms with E-state index < -0.39 is 5.60 Å². The Morgan fingerprint density at radius 2 is 1.93 bits per heavy atom. The number of aryl methyl sites for hydroxylation is 2. The first-order valence-electron chi connectivity index (χ1n) is 5.32. The fourth-order valence-electron chi connectivity index (χ4n) is 1.66. The van der Waals surface area contributed by atoms with Gasteiger partial charge in [-0.1, -0.05) is 25.1 Å². The summed E-state index contributed by atoms with van der Waals surface area (Å²) in [6.07, 6.45) is 0.656. The van der Waals surface area contributed by atoms with Crippen LogP contribution >= 0.6 is 0 Å². The summed E-state index contributed by atoms with van der Waals surface area (Å²) in [4.78, 5) is 0. The molecule has 0 aromatic heterocycles. The van der Waals surface area contributed by atoms with E-state index in [9.17, 15) is 5.11 Å². The number of benzene rings is 1. The quantitative estimate of drug-likeness (QED) is 0.824. The monoisotopic (exact) mass is 208 g/mol. The predicted molar refractivity (Wildman–Crippen MR) is 62.0 cm³/mol. The van der Waals surface area contributed by atoms with Gasteiger partial charge in [-0.2, -0.15) is 0 Å². The van der Waals surface area contributed by atoms with E-state index in [1.165, 1.54) is 11.1 Å². The largest absolute Gasteiger partial charge is 0.383 e. The Balaban J connectivity index is 3.07. The molecular formula is C13H20O2. The van der Waals surface area contributed by atoms with Crippen LogP contribution in [0.4, 0.5) is 0 Å². The SMILES string of the molecule is CCC(O)(COC)c1ccc(C)c(C)c1. The average Bonchev–Trinajstić information content (AvgIpc) is 2.22. The Labute approximate surface area is 91.9 Å². The molecule has 0 saturated heterocycles. The van der Waals surface area contributed by atoms with Crippen LogP contribution in [0.3, 0.4) is 0 Å². The van der Waals surface area contributed by atoms with Gasteiger partial charge in [0.1, 0.15) is 5.60 Å². The van der Waals surface area contributed by atoms with Crippen molar-refractivity contribution < 1.29 is 9.84 Å². The third-order valence-electron chi connectivity index (χ3n) is 3.01. The molecule has 1 aromatic carbocycles. The maximum Gasteiger partial charge on any atom is 0.113 e. The molecule has 0 aliphatic carbocycles. The Bertz CT molecular complexity index is 333. The van der Waals surface area contributed by atoms with Crippen molar-refractivity contribution in [3.63, 3.8) is 0 Å². The molecule has 1 N–H and O–H groups in total. The van der Waals surface area contributed by atoms with Gasteiger partial charge >= 0.3 is 0 Å². The second-order valence-corrected chi connectivity index (χ2v) is 4.12. The highest BCUT2D eigenvalue weighted by Gasteiger charge is 2.27. The standard InChI is InChI=1S/C13H20O2/c1-5-13(14,9-15-4)12-7-6-10(2)11(3)8-12/h6-8,14H,5,9H2,1-4H3. The second-order valence-electron chi connectivity index (χ2n) is 4.12. The number of aliphatic hydroxyl groups is 1. The summed E-state index contributed by atoms with van der Waals surface area (Å²) in [5, 5.41) is 10.4. The first-order chi connectivity index (χ1) is 7.03. The van der Waals surface area contributed by atoms with E-state index in [1.54, 1.807) is 7.11 Å². The van der Waals surface area contributed by atoms with Crippen molar-refractivity contribution in [1.29, 1.82) is 0 Å². The van der Waals surface area contributed by atoms with Crippen molar-refractivity contribution in [2.24, 2.45) is 0 Å². The molecule has 15 heavy (non-hydrogen) atoms. The van der Waals surface area contributed by atoms with Gasteiger partial charge < -0.3 is 9.84 Å². The molecule has 0 aliphatic rings. The van der Waals surface area contributed by atoms with Crippen molar-refractivity contribution in [1.82, 2.24) is 0 Å². The Morgan fingerprint density at radius 3 is 2.40 bits per heavy atom. The molecule has 84 valence electrons. The lowest BCUT2D eigenvalue weighted by molar-refractivity contribution is -0.0386. The van der Waals surface area contributed by atoms with E-state index in [1.807, 2.05) is 25.1 Å². The lowest BCUT2D eigenvalue weighted by Crippen LogP contribution is -2.30. The molecule has 0 bridgehead atoms. The molecular weight excluding hydrogens is 188 g/mol. The minimum absolute atomic E-state index is 0.339. The lowest BCUT2D eigenvalue weighted by atomic mass is 9.90. The van der Waals surface area contributed by atoms with Gasteiger partial charge in [-0.15, -0.1) is 0 Å². The zero-order valence-electron chi connectivity index (χ0n) is 10.0. The van der Waals surface area contributed by atoms with Crippen LogP contribution in [-0.4, -0.2) is 18.8 Å². The van der Waals surface area contributed by atoms with E-state index in [0.717, 1.165) is 5.56 Å². The molecule has 0 radical (unpaired) electrons. The number of rotatable bonds is 4. The maximum atomic E-state index is 10.4. The number of ether oxygens (including phenoxy) is 1. The molecule has 2 heteroatoms. The van der Waals surface area contributed by atoms with Crippen molar-refractivity contribution >= 4 is 0 Å². The third-order valence-corrected chi connectivity index (χ3v) is 3.01. The van der Waals surface area contributed by atoms with E-state index in [2.05, 4.69) is 13.8 Å². The summed E-state index contributed by atoms with van der Waals surface area (Å²) < 4.78 is 5.07.